The van der Waals surface area contributed by atoms with E-state index < -0.39 is 0 Å². The summed E-state index contributed by atoms with van der Waals surface area (Å²) >= 11 is 0. The van der Waals surface area contributed by atoms with Gasteiger partial charge in [-0.1, -0.05) is 6.07 Å². The summed E-state index contributed by atoms with van der Waals surface area (Å²) in [5, 5.41) is 2.22. The molecule has 0 saturated heterocycles. The van der Waals surface area contributed by atoms with Crippen molar-refractivity contribution in [3.05, 3.63) is 53.9 Å². The van der Waals surface area contributed by atoms with Crippen molar-refractivity contribution in [1.29, 1.82) is 0 Å². The second-order valence-corrected chi connectivity index (χ2v) is 4.65. The molecule has 1 aromatic carbocycles. The molecule has 1 aromatic heterocycles. The second kappa shape index (κ2) is 5.28. The van der Waals surface area contributed by atoms with Crippen LogP contribution in [-0.4, -0.2) is 23.6 Å². The number of hydrazine groups is 1. The van der Waals surface area contributed by atoms with Gasteiger partial charge >= 0.3 is 0 Å². The Bertz CT molecular complexity index is 557. The zero-order chi connectivity index (χ0) is 13.1. The largest absolute Gasteiger partial charge is 0.497 e. The van der Waals surface area contributed by atoms with Gasteiger partial charge in [-0.2, -0.15) is 0 Å². The van der Waals surface area contributed by atoms with E-state index in [9.17, 15) is 0 Å². The molecule has 19 heavy (non-hydrogen) atoms. The predicted molar refractivity (Wildman–Crippen MR) is 75.0 cm³/mol. The molecule has 0 spiro atoms. The van der Waals surface area contributed by atoms with E-state index in [0.29, 0.717) is 0 Å². The van der Waals surface area contributed by atoms with Gasteiger partial charge in [-0.3, -0.25) is 4.98 Å². The molecule has 0 saturated carbocycles. The summed E-state index contributed by atoms with van der Waals surface area (Å²) in [4.78, 5) is 4.02. The molecule has 1 N–H and O–H groups in total. The van der Waals surface area contributed by atoms with Crippen molar-refractivity contribution in [1.82, 2.24) is 9.99 Å². The molecule has 4 heteroatoms. The number of pyridine rings is 1. The minimum absolute atomic E-state index is 0.884. The van der Waals surface area contributed by atoms with E-state index >= 15 is 0 Å². The van der Waals surface area contributed by atoms with E-state index in [0.717, 1.165) is 30.9 Å². The fourth-order valence-corrected chi connectivity index (χ4v) is 2.36. The normalized spacial score (nSPS) is 14.8. The summed E-state index contributed by atoms with van der Waals surface area (Å²) in [5.74, 6) is 0.921. The van der Waals surface area contributed by atoms with Crippen LogP contribution in [-0.2, 0) is 13.0 Å². The van der Waals surface area contributed by atoms with Crippen LogP contribution >= 0.6 is 0 Å². The Hall–Kier alpha value is -2.07. The van der Waals surface area contributed by atoms with E-state index in [4.69, 9.17) is 4.74 Å². The van der Waals surface area contributed by atoms with Crippen LogP contribution in [0, 0.1) is 0 Å². The highest BCUT2D eigenvalue weighted by molar-refractivity contribution is 5.41. The predicted octanol–water partition coefficient (Wildman–Crippen LogP) is 2.48. The lowest BCUT2D eigenvalue weighted by atomic mass is 10.0. The average Bonchev–Trinajstić information content (AvgIpc) is 2.47. The number of anilines is 1. The fraction of sp³-hybridized carbons (Fsp3) is 0.267. The molecule has 0 aliphatic carbocycles. The fourth-order valence-electron chi connectivity index (χ4n) is 2.36. The summed E-state index contributed by atoms with van der Waals surface area (Å²) in [5.41, 5.74) is 7.22. The van der Waals surface area contributed by atoms with Crippen LogP contribution in [0.15, 0.2) is 42.7 Å². The molecule has 2 aromatic rings. The lowest BCUT2D eigenvalue weighted by Crippen LogP contribution is -2.35. The number of nitrogens with zero attached hydrogens (tertiary/aromatic N) is 2. The molecule has 1 aliphatic rings. The van der Waals surface area contributed by atoms with Crippen molar-refractivity contribution in [3.8, 4) is 5.75 Å². The molecular formula is C15H17N3O. The maximum Gasteiger partial charge on any atom is 0.119 e. The van der Waals surface area contributed by atoms with Gasteiger partial charge in [0.05, 0.1) is 12.8 Å². The number of nitrogens with one attached hydrogen (secondary N) is 1. The molecule has 0 bridgehead atoms. The number of benzene rings is 1. The maximum absolute atomic E-state index is 5.29. The number of fused-ring (bicyclic) bond motifs is 1. The molecule has 98 valence electrons. The van der Waals surface area contributed by atoms with Crippen molar-refractivity contribution < 1.29 is 4.74 Å². The topological polar surface area (TPSA) is 37.4 Å². The standard InChI is InChI=1S/C15H17N3O/c1-19-15-3-2-12-6-9-18(11-13(12)10-15)17-14-4-7-16-8-5-14/h2-5,7-8,10H,6,9,11H2,1H3,(H,16,17). The molecule has 1 aliphatic heterocycles. The van der Waals surface area contributed by atoms with E-state index in [-0.39, 0.29) is 0 Å². The molecule has 0 fully saturated rings. The summed E-state index contributed by atoms with van der Waals surface area (Å²) < 4.78 is 5.29. The summed E-state index contributed by atoms with van der Waals surface area (Å²) in [7, 11) is 1.71. The van der Waals surface area contributed by atoms with Gasteiger partial charge in [-0.25, -0.2) is 5.01 Å². The Balaban J connectivity index is 1.74. The molecular weight excluding hydrogens is 238 g/mol. The van der Waals surface area contributed by atoms with Crippen LogP contribution < -0.4 is 10.2 Å². The van der Waals surface area contributed by atoms with Crippen LogP contribution in [0.2, 0.25) is 0 Å². The smallest absolute Gasteiger partial charge is 0.119 e. The third-order valence-corrected chi connectivity index (χ3v) is 3.39. The van der Waals surface area contributed by atoms with Crippen molar-refractivity contribution in [2.45, 2.75) is 13.0 Å². The first-order chi connectivity index (χ1) is 9.35. The summed E-state index contributed by atoms with van der Waals surface area (Å²) in [6.45, 7) is 1.89. The second-order valence-electron chi connectivity index (χ2n) is 4.65. The molecule has 0 amide bonds. The number of hydrogen-bond donors (Lipinski definition) is 1. The monoisotopic (exact) mass is 255 g/mol. The minimum atomic E-state index is 0.884. The lowest BCUT2D eigenvalue weighted by molar-refractivity contribution is 0.306. The minimum Gasteiger partial charge on any atom is -0.497 e. The highest BCUT2D eigenvalue weighted by Gasteiger charge is 2.16. The van der Waals surface area contributed by atoms with Crippen LogP contribution in [0.3, 0.4) is 0 Å². The highest BCUT2D eigenvalue weighted by Crippen LogP contribution is 2.24. The van der Waals surface area contributed by atoms with Gasteiger partial charge in [0.15, 0.2) is 0 Å². The summed E-state index contributed by atoms with van der Waals surface area (Å²) in [6.07, 6.45) is 4.64. The third kappa shape index (κ3) is 2.69. The van der Waals surface area contributed by atoms with Gasteiger partial charge in [0, 0.05) is 25.5 Å². The van der Waals surface area contributed by atoms with Crippen molar-refractivity contribution in [2.75, 3.05) is 19.1 Å². The Morgan fingerprint density at radius 3 is 2.79 bits per heavy atom. The molecule has 2 heterocycles. The van der Waals surface area contributed by atoms with Crippen molar-refractivity contribution >= 4 is 5.69 Å². The Morgan fingerprint density at radius 2 is 2.00 bits per heavy atom. The molecule has 3 rings (SSSR count). The quantitative estimate of drug-likeness (QED) is 0.914. The molecule has 0 atom stereocenters. The number of methoxy groups -OCH3 is 1. The molecule has 4 nitrogen and oxygen atoms in total. The van der Waals surface area contributed by atoms with Crippen LogP contribution in [0.5, 0.6) is 5.75 Å². The highest BCUT2D eigenvalue weighted by atomic mass is 16.5. The average molecular weight is 255 g/mol. The van der Waals surface area contributed by atoms with Crippen LogP contribution in [0.25, 0.3) is 0 Å². The van der Waals surface area contributed by atoms with Gasteiger partial charge in [0.25, 0.3) is 0 Å². The first-order valence-electron chi connectivity index (χ1n) is 6.42. The van der Waals surface area contributed by atoms with Gasteiger partial charge in [-0.05, 0) is 41.8 Å². The zero-order valence-electron chi connectivity index (χ0n) is 11.0. The maximum atomic E-state index is 5.29. The van der Waals surface area contributed by atoms with E-state index in [1.54, 1.807) is 19.5 Å². The first-order valence-corrected chi connectivity index (χ1v) is 6.42. The SMILES string of the molecule is COc1ccc2c(c1)CN(Nc1ccncc1)CC2. The molecule has 0 unspecified atom stereocenters. The van der Waals surface area contributed by atoms with Gasteiger partial charge in [0.2, 0.25) is 0 Å². The van der Waals surface area contributed by atoms with E-state index in [1.807, 2.05) is 18.2 Å². The van der Waals surface area contributed by atoms with E-state index in [2.05, 4.69) is 27.6 Å². The van der Waals surface area contributed by atoms with Crippen molar-refractivity contribution in [2.24, 2.45) is 0 Å². The third-order valence-electron chi connectivity index (χ3n) is 3.39. The number of ether oxygens (including phenoxy) is 1. The first kappa shape index (κ1) is 12.0. The number of aromatic nitrogens is 1. The number of hydrogen-bond acceptors (Lipinski definition) is 4. The van der Waals surface area contributed by atoms with Gasteiger partial charge in [0.1, 0.15) is 5.75 Å². The molecule has 0 radical (unpaired) electrons. The lowest BCUT2D eigenvalue weighted by Gasteiger charge is -2.30. The Kier molecular flexibility index (Phi) is 3.33. The summed E-state index contributed by atoms with van der Waals surface area (Å²) in [6, 6.07) is 10.3. The van der Waals surface area contributed by atoms with Crippen LogP contribution in [0.4, 0.5) is 5.69 Å². The number of rotatable bonds is 3. The Morgan fingerprint density at radius 1 is 1.16 bits per heavy atom. The zero-order valence-corrected chi connectivity index (χ0v) is 11.0. The van der Waals surface area contributed by atoms with Gasteiger partial charge < -0.3 is 10.2 Å². The van der Waals surface area contributed by atoms with Crippen LogP contribution in [0.1, 0.15) is 11.1 Å². The van der Waals surface area contributed by atoms with Gasteiger partial charge in [-0.15, -0.1) is 0 Å². The van der Waals surface area contributed by atoms with Crippen molar-refractivity contribution in [3.63, 3.8) is 0 Å². The van der Waals surface area contributed by atoms with E-state index in [1.165, 1.54) is 11.1 Å². The Labute approximate surface area is 113 Å².